The van der Waals surface area contributed by atoms with Crippen molar-refractivity contribution in [3.8, 4) is 0 Å². The number of nitrogens with one attached hydrogen (secondary N) is 1. The standard InChI is InChI=1S/C13H14BrClN2O2/c1-17-7-11(2-3-12(17)18)16-13(19)8-4-9(14)6-10(15)5-8/h4-6,11H,2-3,7H2,1H3,(H,16,19). The molecule has 4 nitrogen and oxygen atoms in total. The Hall–Kier alpha value is -1.07. The molecule has 0 spiro atoms. The molecule has 0 bridgehead atoms. The molecule has 1 N–H and O–H groups in total. The molecule has 1 atom stereocenters. The first-order chi connectivity index (χ1) is 8.95. The molecular formula is C13H14BrClN2O2. The van der Waals surface area contributed by atoms with E-state index in [4.69, 9.17) is 11.6 Å². The topological polar surface area (TPSA) is 49.4 Å². The maximum atomic E-state index is 12.1. The van der Waals surface area contributed by atoms with Crippen molar-refractivity contribution >= 4 is 39.3 Å². The Morgan fingerprint density at radius 1 is 1.47 bits per heavy atom. The van der Waals surface area contributed by atoms with E-state index in [9.17, 15) is 9.59 Å². The van der Waals surface area contributed by atoms with E-state index in [0.29, 0.717) is 30.0 Å². The normalized spacial score (nSPS) is 19.4. The molecule has 1 aliphatic heterocycles. The number of amides is 2. The van der Waals surface area contributed by atoms with Crippen molar-refractivity contribution in [2.24, 2.45) is 0 Å². The SMILES string of the molecule is CN1CC(NC(=O)c2cc(Cl)cc(Br)c2)CCC1=O. The van der Waals surface area contributed by atoms with E-state index in [1.165, 1.54) is 0 Å². The Morgan fingerprint density at radius 3 is 2.84 bits per heavy atom. The van der Waals surface area contributed by atoms with Gasteiger partial charge in [-0.3, -0.25) is 9.59 Å². The maximum Gasteiger partial charge on any atom is 0.251 e. The maximum absolute atomic E-state index is 12.1. The van der Waals surface area contributed by atoms with E-state index in [-0.39, 0.29) is 17.9 Å². The molecule has 1 fully saturated rings. The van der Waals surface area contributed by atoms with E-state index in [1.54, 1.807) is 30.1 Å². The first-order valence-corrected chi connectivity index (χ1v) is 7.13. The van der Waals surface area contributed by atoms with Gasteiger partial charge in [0.25, 0.3) is 5.91 Å². The minimum atomic E-state index is -0.170. The second-order valence-corrected chi connectivity index (χ2v) is 5.99. The highest BCUT2D eigenvalue weighted by molar-refractivity contribution is 9.10. The number of hydrogen-bond donors (Lipinski definition) is 1. The molecule has 0 aromatic heterocycles. The lowest BCUT2D eigenvalue weighted by Gasteiger charge is -2.30. The summed E-state index contributed by atoms with van der Waals surface area (Å²) in [6.07, 6.45) is 1.15. The fraction of sp³-hybridized carbons (Fsp3) is 0.385. The smallest absolute Gasteiger partial charge is 0.251 e. The zero-order valence-electron chi connectivity index (χ0n) is 10.5. The summed E-state index contributed by atoms with van der Waals surface area (Å²) in [6.45, 7) is 0.548. The fourth-order valence-corrected chi connectivity index (χ4v) is 2.94. The van der Waals surface area contributed by atoms with Gasteiger partial charge in [0, 0.05) is 41.1 Å². The number of nitrogens with zero attached hydrogens (tertiary/aromatic N) is 1. The Morgan fingerprint density at radius 2 is 2.21 bits per heavy atom. The summed E-state index contributed by atoms with van der Waals surface area (Å²) < 4.78 is 0.765. The zero-order valence-corrected chi connectivity index (χ0v) is 12.8. The number of likely N-dealkylation sites (tertiary alicyclic amines) is 1. The van der Waals surface area contributed by atoms with Gasteiger partial charge in [-0.2, -0.15) is 0 Å². The lowest BCUT2D eigenvalue weighted by atomic mass is 10.1. The minimum Gasteiger partial charge on any atom is -0.348 e. The van der Waals surface area contributed by atoms with E-state index >= 15 is 0 Å². The first-order valence-electron chi connectivity index (χ1n) is 5.96. The van der Waals surface area contributed by atoms with Gasteiger partial charge in [-0.1, -0.05) is 27.5 Å². The highest BCUT2D eigenvalue weighted by atomic mass is 79.9. The molecule has 2 rings (SSSR count). The summed E-state index contributed by atoms with van der Waals surface area (Å²) in [6, 6.07) is 5.07. The lowest BCUT2D eigenvalue weighted by Crippen LogP contribution is -2.48. The molecule has 1 saturated heterocycles. The molecule has 19 heavy (non-hydrogen) atoms. The van der Waals surface area contributed by atoms with E-state index in [0.717, 1.165) is 4.47 Å². The van der Waals surface area contributed by atoms with Crippen LogP contribution in [0.25, 0.3) is 0 Å². The first kappa shape index (κ1) is 14.3. The summed E-state index contributed by atoms with van der Waals surface area (Å²) in [7, 11) is 1.75. The lowest BCUT2D eigenvalue weighted by molar-refractivity contribution is -0.132. The summed E-state index contributed by atoms with van der Waals surface area (Å²) in [5, 5.41) is 3.44. The van der Waals surface area contributed by atoms with Crippen molar-refractivity contribution in [1.29, 1.82) is 0 Å². The van der Waals surface area contributed by atoms with Crippen LogP contribution in [0.2, 0.25) is 5.02 Å². The molecular weight excluding hydrogens is 332 g/mol. The highest BCUT2D eigenvalue weighted by Crippen LogP contribution is 2.20. The van der Waals surface area contributed by atoms with Crippen LogP contribution in [0.15, 0.2) is 22.7 Å². The number of likely N-dealkylation sites (N-methyl/N-ethyl adjacent to an activating group) is 1. The molecule has 6 heteroatoms. The van der Waals surface area contributed by atoms with Crippen LogP contribution in [0.4, 0.5) is 0 Å². The Kier molecular flexibility index (Phi) is 4.47. The number of carbonyl (C=O) groups excluding carboxylic acids is 2. The van der Waals surface area contributed by atoms with Gasteiger partial charge in [0.2, 0.25) is 5.91 Å². The van der Waals surface area contributed by atoms with Crippen LogP contribution in [0, 0.1) is 0 Å². The van der Waals surface area contributed by atoms with E-state index in [1.807, 2.05) is 0 Å². The third-order valence-corrected chi connectivity index (χ3v) is 3.76. The summed E-state index contributed by atoms with van der Waals surface area (Å²) >= 11 is 9.22. The van der Waals surface area contributed by atoms with E-state index in [2.05, 4.69) is 21.2 Å². The number of benzene rings is 1. The predicted octanol–water partition coefficient (Wildman–Crippen LogP) is 2.45. The van der Waals surface area contributed by atoms with Crippen molar-refractivity contribution in [2.45, 2.75) is 18.9 Å². The van der Waals surface area contributed by atoms with Crippen LogP contribution >= 0.6 is 27.5 Å². The van der Waals surface area contributed by atoms with Gasteiger partial charge in [-0.15, -0.1) is 0 Å². The van der Waals surface area contributed by atoms with Crippen molar-refractivity contribution in [1.82, 2.24) is 10.2 Å². The molecule has 0 saturated carbocycles. The molecule has 2 amide bonds. The van der Waals surface area contributed by atoms with Crippen LogP contribution in [-0.4, -0.2) is 36.3 Å². The van der Waals surface area contributed by atoms with Gasteiger partial charge in [0.1, 0.15) is 0 Å². The number of halogens is 2. The highest BCUT2D eigenvalue weighted by Gasteiger charge is 2.24. The Bertz CT molecular complexity index is 501. The van der Waals surface area contributed by atoms with E-state index < -0.39 is 0 Å². The minimum absolute atomic E-state index is 0.00652. The average Bonchev–Trinajstić information content (AvgIpc) is 2.32. The summed E-state index contributed by atoms with van der Waals surface area (Å²) in [5.74, 6) is -0.0491. The molecule has 1 heterocycles. The van der Waals surface area contributed by atoms with Crippen LogP contribution in [-0.2, 0) is 4.79 Å². The summed E-state index contributed by atoms with van der Waals surface area (Å²) in [4.78, 5) is 25.1. The average molecular weight is 346 g/mol. The monoisotopic (exact) mass is 344 g/mol. The third kappa shape index (κ3) is 3.70. The second-order valence-electron chi connectivity index (χ2n) is 4.64. The van der Waals surface area contributed by atoms with Crippen molar-refractivity contribution < 1.29 is 9.59 Å². The van der Waals surface area contributed by atoms with Gasteiger partial charge in [0.05, 0.1) is 0 Å². The van der Waals surface area contributed by atoms with Gasteiger partial charge >= 0.3 is 0 Å². The summed E-state index contributed by atoms with van der Waals surface area (Å²) in [5.41, 5.74) is 0.513. The Labute approximate surface area is 125 Å². The van der Waals surface area contributed by atoms with Gasteiger partial charge in [0.15, 0.2) is 0 Å². The number of piperidine rings is 1. The number of carbonyl (C=O) groups is 2. The largest absolute Gasteiger partial charge is 0.348 e. The molecule has 1 aliphatic rings. The van der Waals surface area contributed by atoms with Crippen LogP contribution in [0.5, 0.6) is 0 Å². The van der Waals surface area contributed by atoms with Gasteiger partial charge in [-0.25, -0.2) is 0 Å². The fourth-order valence-electron chi connectivity index (χ4n) is 2.08. The van der Waals surface area contributed by atoms with Crippen LogP contribution in [0.1, 0.15) is 23.2 Å². The number of hydrogen-bond acceptors (Lipinski definition) is 2. The molecule has 1 aromatic carbocycles. The molecule has 1 aromatic rings. The van der Waals surface area contributed by atoms with Crippen LogP contribution in [0.3, 0.4) is 0 Å². The predicted molar refractivity (Wildman–Crippen MR) is 77.3 cm³/mol. The molecule has 102 valence electrons. The second kappa shape index (κ2) is 5.92. The quantitative estimate of drug-likeness (QED) is 0.895. The van der Waals surface area contributed by atoms with Gasteiger partial charge < -0.3 is 10.2 Å². The molecule has 0 aliphatic carbocycles. The van der Waals surface area contributed by atoms with Crippen LogP contribution < -0.4 is 5.32 Å². The van der Waals surface area contributed by atoms with Crippen molar-refractivity contribution in [2.75, 3.05) is 13.6 Å². The third-order valence-electron chi connectivity index (χ3n) is 3.09. The zero-order chi connectivity index (χ0) is 14.0. The van der Waals surface area contributed by atoms with Crippen molar-refractivity contribution in [3.63, 3.8) is 0 Å². The van der Waals surface area contributed by atoms with Gasteiger partial charge in [-0.05, 0) is 24.6 Å². The Balaban J connectivity index is 2.03. The number of rotatable bonds is 2. The van der Waals surface area contributed by atoms with Crippen molar-refractivity contribution in [3.05, 3.63) is 33.3 Å². The molecule has 1 unspecified atom stereocenters. The molecule has 0 radical (unpaired) electrons.